The van der Waals surface area contributed by atoms with E-state index in [1.54, 1.807) is 0 Å². The Hall–Kier alpha value is -0.175. The van der Waals surface area contributed by atoms with E-state index in [-0.39, 0.29) is 18.3 Å². The molecule has 3 fully saturated rings. The van der Waals surface area contributed by atoms with Gasteiger partial charge in [-0.25, -0.2) is 0 Å². The minimum atomic E-state index is -0.655. The van der Waals surface area contributed by atoms with Gasteiger partial charge in [-0.1, -0.05) is 0 Å². The SMILES string of the molecule is C1CO[C@@H](COB(OC[C@@H]2CCCO2)OC[C@@H]2CCCO2)C1. The average molecular weight is 314 g/mol. The number of ether oxygens (including phenoxy) is 3. The van der Waals surface area contributed by atoms with Crippen molar-refractivity contribution in [1.82, 2.24) is 0 Å². The van der Waals surface area contributed by atoms with Crippen LogP contribution in [0.4, 0.5) is 0 Å². The lowest BCUT2D eigenvalue weighted by atomic mass is 10.1. The maximum atomic E-state index is 5.77. The van der Waals surface area contributed by atoms with Gasteiger partial charge in [0.15, 0.2) is 0 Å². The number of rotatable bonds is 9. The van der Waals surface area contributed by atoms with Crippen LogP contribution in [0.15, 0.2) is 0 Å². The molecule has 0 aromatic rings. The van der Waals surface area contributed by atoms with Gasteiger partial charge in [-0.15, -0.1) is 0 Å². The summed E-state index contributed by atoms with van der Waals surface area (Å²) in [6.07, 6.45) is 6.95. The molecule has 0 N–H and O–H groups in total. The first-order valence-corrected chi connectivity index (χ1v) is 8.60. The van der Waals surface area contributed by atoms with Gasteiger partial charge in [0.05, 0.1) is 38.1 Å². The maximum Gasteiger partial charge on any atom is 0.639 e. The Labute approximate surface area is 132 Å². The molecule has 6 nitrogen and oxygen atoms in total. The lowest BCUT2D eigenvalue weighted by molar-refractivity contribution is -0.00987. The molecular formula is C15H27BO6. The molecule has 0 unspecified atom stereocenters. The normalized spacial score (nSPS) is 31.9. The Morgan fingerprint density at radius 2 is 1.00 bits per heavy atom. The fourth-order valence-electron chi connectivity index (χ4n) is 3.03. The third-order valence-corrected chi connectivity index (χ3v) is 4.33. The zero-order valence-corrected chi connectivity index (χ0v) is 13.2. The Morgan fingerprint density at radius 3 is 1.27 bits per heavy atom. The molecule has 3 atom stereocenters. The molecule has 0 radical (unpaired) electrons. The van der Waals surface area contributed by atoms with E-state index in [2.05, 4.69) is 0 Å². The van der Waals surface area contributed by atoms with E-state index in [4.69, 9.17) is 28.2 Å². The van der Waals surface area contributed by atoms with Crippen LogP contribution in [0.25, 0.3) is 0 Å². The second-order valence-electron chi connectivity index (χ2n) is 6.19. The van der Waals surface area contributed by atoms with Crippen molar-refractivity contribution in [2.45, 2.75) is 56.8 Å². The third-order valence-electron chi connectivity index (χ3n) is 4.33. The summed E-state index contributed by atoms with van der Waals surface area (Å²) >= 11 is 0. The largest absolute Gasteiger partial charge is 0.639 e. The van der Waals surface area contributed by atoms with Crippen LogP contribution in [-0.4, -0.2) is 65.3 Å². The van der Waals surface area contributed by atoms with Crippen LogP contribution in [0.1, 0.15) is 38.5 Å². The monoisotopic (exact) mass is 314 g/mol. The molecule has 0 spiro atoms. The molecule has 22 heavy (non-hydrogen) atoms. The van der Waals surface area contributed by atoms with Crippen molar-refractivity contribution < 1.29 is 28.2 Å². The third kappa shape index (κ3) is 5.47. The molecule has 0 amide bonds. The van der Waals surface area contributed by atoms with Crippen molar-refractivity contribution in [3.05, 3.63) is 0 Å². The van der Waals surface area contributed by atoms with E-state index in [0.29, 0.717) is 19.8 Å². The molecule has 0 bridgehead atoms. The summed E-state index contributed by atoms with van der Waals surface area (Å²) in [5, 5.41) is 0. The summed E-state index contributed by atoms with van der Waals surface area (Å²) in [6.45, 7) is 4.02. The van der Waals surface area contributed by atoms with Crippen molar-refractivity contribution in [2.24, 2.45) is 0 Å². The molecule has 3 rings (SSSR count). The van der Waals surface area contributed by atoms with E-state index in [1.165, 1.54) is 0 Å². The second-order valence-corrected chi connectivity index (χ2v) is 6.19. The molecule has 3 saturated heterocycles. The molecule has 126 valence electrons. The molecule has 0 aromatic heterocycles. The second kappa shape index (κ2) is 9.20. The fraction of sp³-hybridized carbons (Fsp3) is 1.00. The molecule has 0 aliphatic carbocycles. The van der Waals surface area contributed by atoms with Gasteiger partial charge in [0.25, 0.3) is 0 Å². The lowest BCUT2D eigenvalue weighted by Gasteiger charge is -2.20. The average Bonchev–Trinajstić information content (AvgIpc) is 3.29. The zero-order chi connectivity index (χ0) is 15.0. The van der Waals surface area contributed by atoms with E-state index in [9.17, 15) is 0 Å². The van der Waals surface area contributed by atoms with Crippen molar-refractivity contribution in [2.75, 3.05) is 39.6 Å². The lowest BCUT2D eigenvalue weighted by Crippen LogP contribution is -2.35. The van der Waals surface area contributed by atoms with Crippen molar-refractivity contribution in [3.8, 4) is 0 Å². The Kier molecular flexibility index (Phi) is 6.97. The molecule has 3 heterocycles. The van der Waals surface area contributed by atoms with Crippen LogP contribution in [0, 0.1) is 0 Å². The van der Waals surface area contributed by atoms with E-state index < -0.39 is 7.32 Å². The molecule has 0 saturated carbocycles. The van der Waals surface area contributed by atoms with Crippen LogP contribution in [0.5, 0.6) is 0 Å². The predicted octanol–water partition coefficient (Wildman–Crippen LogP) is 1.56. The summed E-state index contributed by atoms with van der Waals surface area (Å²) in [5.74, 6) is 0. The Morgan fingerprint density at radius 1 is 0.636 bits per heavy atom. The molecule has 0 aromatic carbocycles. The van der Waals surface area contributed by atoms with Crippen LogP contribution >= 0.6 is 0 Å². The first kappa shape index (κ1) is 16.7. The van der Waals surface area contributed by atoms with E-state index in [0.717, 1.165) is 58.3 Å². The highest BCUT2D eigenvalue weighted by Gasteiger charge is 2.29. The number of hydrogen-bond acceptors (Lipinski definition) is 6. The topological polar surface area (TPSA) is 55.4 Å². The van der Waals surface area contributed by atoms with Crippen LogP contribution in [0.2, 0.25) is 0 Å². The Balaban J connectivity index is 1.38. The standard InChI is InChI=1S/C15H27BO6/c1-4-13(17-7-1)10-20-16(21-11-14-5-2-8-18-14)22-12-15-6-3-9-19-15/h13-15H,1-12H2/t13-,14-,15+/m0/s1. The van der Waals surface area contributed by atoms with Crippen LogP contribution in [0.3, 0.4) is 0 Å². The fourth-order valence-corrected chi connectivity index (χ4v) is 3.03. The number of hydrogen-bond donors (Lipinski definition) is 0. The highest BCUT2D eigenvalue weighted by molar-refractivity contribution is 6.36. The first-order valence-electron chi connectivity index (χ1n) is 8.60. The summed E-state index contributed by atoms with van der Waals surface area (Å²) in [4.78, 5) is 0. The summed E-state index contributed by atoms with van der Waals surface area (Å²) in [6, 6.07) is 0. The van der Waals surface area contributed by atoms with Gasteiger partial charge in [-0.3, -0.25) is 0 Å². The van der Waals surface area contributed by atoms with Gasteiger partial charge in [-0.2, -0.15) is 0 Å². The Bertz CT molecular complexity index is 253. The predicted molar refractivity (Wildman–Crippen MR) is 80.5 cm³/mol. The molecule has 3 aliphatic rings. The van der Waals surface area contributed by atoms with Crippen LogP contribution < -0.4 is 0 Å². The van der Waals surface area contributed by atoms with Gasteiger partial charge in [0.2, 0.25) is 0 Å². The van der Waals surface area contributed by atoms with Crippen molar-refractivity contribution in [3.63, 3.8) is 0 Å². The summed E-state index contributed by atoms with van der Waals surface area (Å²) in [7, 11) is -0.655. The van der Waals surface area contributed by atoms with Crippen LogP contribution in [-0.2, 0) is 28.2 Å². The van der Waals surface area contributed by atoms with Gasteiger partial charge in [0, 0.05) is 19.8 Å². The minimum Gasteiger partial charge on any atom is -0.383 e. The van der Waals surface area contributed by atoms with Gasteiger partial charge >= 0.3 is 7.32 Å². The van der Waals surface area contributed by atoms with Gasteiger partial charge < -0.3 is 28.2 Å². The first-order chi connectivity index (χ1) is 10.9. The highest BCUT2D eigenvalue weighted by atomic mass is 16.7. The molecule has 7 heteroatoms. The van der Waals surface area contributed by atoms with E-state index >= 15 is 0 Å². The minimum absolute atomic E-state index is 0.167. The van der Waals surface area contributed by atoms with E-state index in [1.807, 2.05) is 0 Å². The molecule has 3 aliphatic heterocycles. The van der Waals surface area contributed by atoms with Crippen molar-refractivity contribution in [1.29, 1.82) is 0 Å². The summed E-state index contributed by atoms with van der Waals surface area (Å²) < 4.78 is 34.0. The zero-order valence-electron chi connectivity index (χ0n) is 13.2. The molecular weight excluding hydrogens is 287 g/mol. The smallest absolute Gasteiger partial charge is 0.383 e. The summed E-state index contributed by atoms with van der Waals surface area (Å²) in [5.41, 5.74) is 0. The van der Waals surface area contributed by atoms with Gasteiger partial charge in [-0.05, 0) is 38.5 Å². The van der Waals surface area contributed by atoms with Crippen molar-refractivity contribution >= 4 is 7.32 Å². The van der Waals surface area contributed by atoms with Gasteiger partial charge in [0.1, 0.15) is 0 Å². The maximum absolute atomic E-state index is 5.77. The quantitative estimate of drug-likeness (QED) is 0.602. The highest BCUT2D eigenvalue weighted by Crippen LogP contribution is 2.16.